The average Bonchev–Trinajstić information content (AvgIpc) is 3.08. The smallest absolute Gasteiger partial charge is 0.239 e. The summed E-state index contributed by atoms with van der Waals surface area (Å²) in [6.45, 7) is 1.10. The summed E-state index contributed by atoms with van der Waals surface area (Å²) in [5, 5.41) is 4.15. The van der Waals surface area contributed by atoms with E-state index in [2.05, 4.69) is 11.2 Å². The van der Waals surface area contributed by atoms with E-state index in [1.807, 2.05) is 37.5 Å². The third-order valence-electron chi connectivity index (χ3n) is 4.81. The molecule has 1 aromatic carbocycles. The topological polar surface area (TPSA) is 64.4 Å². The fourth-order valence-corrected chi connectivity index (χ4v) is 5.04. The lowest BCUT2D eigenvalue weighted by atomic mass is 9.98. The number of morpholine rings is 1. The van der Waals surface area contributed by atoms with Crippen molar-refractivity contribution in [2.24, 2.45) is 7.05 Å². The molecule has 0 saturated carbocycles. The van der Waals surface area contributed by atoms with E-state index >= 15 is 0 Å². The monoisotopic (exact) mass is 359 g/mol. The van der Waals surface area contributed by atoms with Gasteiger partial charge in [-0.15, -0.1) is 0 Å². The number of sulfonamides is 1. The van der Waals surface area contributed by atoms with Crippen LogP contribution in [0.3, 0.4) is 0 Å². The Bertz CT molecular complexity index is 917. The molecule has 1 fully saturated rings. The Morgan fingerprint density at radius 3 is 2.88 bits per heavy atom. The van der Waals surface area contributed by atoms with Crippen LogP contribution in [0.5, 0.6) is 0 Å². The molecular weight excluding hydrogens is 338 g/mol. The largest absolute Gasteiger partial charge is 0.371 e. The van der Waals surface area contributed by atoms with Gasteiger partial charge in [0.2, 0.25) is 10.0 Å². The van der Waals surface area contributed by atoms with Crippen LogP contribution in [0.15, 0.2) is 41.6 Å². The van der Waals surface area contributed by atoms with Gasteiger partial charge >= 0.3 is 0 Å². The van der Waals surface area contributed by atoms with E-state index in [0.29, 0.717) is 31.0 Å². The van der Waals surface area contributed by atoms with Crippen LogP contribution < -0.4 is 0 Å². The minimum atomic E-state index is -3.47. The fraction of sp³-hybridized carbons (Fsp3) is 0.389. The minimum absolute atomic E-state index is 0.270. The van der Waals surface area contributed by atoms with Crippen LogP contribution in [-0.2, 0) is 28.2 Å². The van der Waals surface area contributed by atoms with Crippen molar-refractivity contribution in [3.05, 3.63) is 58.3 Å². The molecule has 0 N–H and O–H groups in total. The molecule has 7 heteroatoms. The summed E-state index contributed by atoms with van der Waals surface area (Å²) in [5.74, 6) is 0. The van der Waals surface area contributed by atoms with Crippen LogP contribution in [0, 0.1) is 0 Å². The van der Waals surface area contributed by atoms with E-state index in [1.54, 1.807) is 15.2 Å². The van der Waals surface area contributed by atoms with Crippen molar-refractivity contribution in [2.75, 3.05) is 19.7 Å². The molecule has 2 aromatic rings. The second-order valence-electron chi connectivity index (χ2n) is 6.48. The number of benzene rings is 1. The van der Waals surface area contributed by atoms with Gasteiger partial charge in [0.05, 0.1) is 23.8 Å². The standard InChI is InChI=1S/C18H21N3O3S/c1-20-12-16(11-19-20)18-13-21(8-9-24-18)25(22,23)17-7-6-14-4-2-3-5-15(14)10-17/h2-5,10-12,18H,6-9,13H2,1H3. The molecule has 2 heterocycles. The highest BCUT2D eigenvalue weighted by Gasteiger charge is 2.34. The molecule has 6 nitrogen and oxygen atoms in total. The van der Waals surface area contributed by atoms with Crippen molar-refractivity contribution >= 4 is 16.1 Å². The Morgan fingerprint density at radius 2 is 2.08 bits per heavy atom. The van der Waals surface area contributed by atoms with Crippen LogP contribution >= 0.6 is 0 Å². The molecule has 2 aliphatic rings. The number of fused-ring (bicyclic) bond motifs is 1. The molecule has 0 spiro atoms. The van der Waals surface area contributed by atoms with Gasteiger partial charge < -0.3 is 4.74 Å². The highest BCUT2D eigenvalue weighted by Crippen LogP contribution is 2.31. The summed E-state index contributed by atoms with van der Waals surface area (Å²) in [4.78, 5) is 0.498. The normalized spacial score (nSPS) is 21.6. The van der Waals surface area contributed by atoms with Gasteiger partial charge in [0.1, 0.15) is 0 Å². The van der Waals surface area contributed by atoms with Gasteiger partial charge in [-0.2, -0.15) is 9.40 Å². The maximum atomic E-state index is 13.1. The second-order valence-corrected chi connectivity index (χ2v) is 8.47. The first-order valence-corrected chi connectivity index (χ1v) is 9.87. The molecule has 0 bridgehead atoms. The van der Waals surface area contributed by atoms with E-state index in [9.17, 15) is 8.42 Å². The van der Waals surface area contributed by atoms with Gasteiger partial charge in [-0.25, -0.2) is 8.42 Å². The molecule has 1 aromatic heterocycles. The average molecular weight is 359 g/mol. The lowest BCUT2D eigenvalue weighted by Crippen LogP contribution is -2.42. The lowest BCUT2D eigenvalue weighted by Gasteiger charge is -2.33. The summed E-state index contributed by atoms with van der Waals surface area (Å²) >= 11 is 0. The van der Waals surface area contributed by atoms with E-state index < -0.39 is 10.0 Å². The van der Waals surface area contributed by atoms with Gasteiger partial charge in [-0.3, -0.25) is 4.68 Å². The Hall–Kier alpha value is -1.96. The van der Waals surface area contributed by atoms with Gasteiger partial charge in [0.15, 0.2) is 0 Å². The summed E-state index contributed by atoms with van der Waals surface area (Å²) in [6.07, 6.45) is 6.47. The molecule has 1 saturated heterocycles. The summed E-state index contributed by atoms with van der Waals surface area (Å²) in [5.41, 5.74) is 3.12. The molecule has 1 aliphatic carbocycles. The van der Waals surface area contributed by atoms with Crippen LogP contribution in [0.1, 0.15) is 29.2 Å². The molecule has 4 rings (SSSR count). The first kappa shape index (κ1) is 16.5. The van der Waals surface area contributed by atoms with E-state index in [1.165, 1.54) is 5.56 Å². The van der Waals surface area contributed by atoms with Crippen molar-refractivity contribution in [2.45, 2.75) is 18.9 Å². The lowest BCUT2D eigenvalue weighted by molar-refractivity contribution is -0.00233. The van der Waals surface area contributed by atoms with Gasteiger partial charge in [-0.1, -0.05) is 24.3 Å². The SMILES string of the molecule is Cn1cc(C2CN(S(=O)(=O)C3=Cc4ccccc4CC3)CCO2)cn1. The number of hydrogen-bond acceptors (Lipinski definition) is 4. The number of aromatic nitrogens is 2. The molecule has 0 amide bonds. The molecule has 0 radical (unpaired) electrons. The van der Waals surface area contributed by atoms with Gasteiger partial charge in [-0.05, 0) is 30.0 Å². The number of rotatable bonds is 3. The van der Waals surface area contributed by atoms with Crippen LogP contribution in [-0.4, -0.2) is 42.2 Å². The number of allylic oxidation sites excluding steroid dienone is 1. The van der Waals surface area contributed by atoms with Crippen molar-refractivity contribution < 1.29 is 13.2 Å². The maximum Gasteiger partial charge on any atom is 0.239 e. The van der Waals surface area contributed by atoms with Crippen molar-refractivity contribution in [3.8, 4) is 0 Å². The number of hydrogen-bond donors (Lipinski definition) is 0. The van der Waals surface area contributed by atoms with Gasteiger partial charge in [0, 0.05) is 31.9 Å². The maximum absolute atomic E-state index is 13.1. The zero-order chi connectivity index (χ0) is 17.4. The highest BCUT2D eigenvalue weighted by molar-refractivity contribution is 7.93. The second kappa shape index (κ2) is 6.40. The Morgan fingerprint density at radius 1 is 1.24 bits per heavy atom. The number of aryl methyl sites for hydroxylation is 2. The van der Waals surface area contributed by atoms with Crippen LogP contribution in [0.4, 0.5) is 0 Å². The first-order valence-electron chi connectivity index (χ1n) is 8.43. The predicted molar refractivity (Wildman–Crippen MR) is 95.1 cm³/mol. The predicted octanol–water partition coefficient (Wildman–Crippen LogP) is 2.11. The third-order valence-corrected chi connectivity index (χ3v) is 6.81. The Kier molecular flexibility index (Phi) is 4.23. The van der Waals surface area contributed by atoms with Crippen LogP contribution in [0.2, 0.25) is 0 Å². The number of ether oxygens (including phenoxy) is 1. The fourth-order valence-electron chi connectivity index (χ4n) is 3.43. The minimum Gasteiger partial charge on any atom is -0.371 e. The first-order chi connectivity index (χ1) is 12.0. The van der Waals surface area contributed by atoms with Crippen LogP contribution in [0.25, 0.3) is 6.08 Å². The zero-order valence-electron chi connectivity index (χ0n) is 14.1. The molecule has 1 atom stereocenters. The van der Waals surface area contributed by atoms with Crippen molar-refractivity contribution in [3.63, 3.8) is 0 Å². The molecular formula is C18H21N3O3S. The molecule has 1 aliphatic heterocycles. The summed E-state index contributed by atoms with van der Waals surface area (Å²) in [7, 11) is -1.64. The summed E-state index contributed by atoms with van der Waals surface area (Å²) in [6, 6.07) is 7.97. The third kappa shape index (κ3) is 3.15. The molecule has 25 heavy (non-hydrogen) atoms. The molecule has 1 unspecified atom stereocenters. The Balaban J connectivity index is 1.59. The summed E-state index contributed by atoms with van der Waals surface area (Å²) < 4.78 is 35.2. The van der Waals surface area contributed by atoms with Crippen molar-refractivity contribution in [1.82, 2.24) is 14.1 Å². The zero-order valence-corrected chi connectivity index (χ0v) is 14.9. The van der Waals surface area contributed by atoms with Gasteiger partial charge in [0.25, 0.3) is 0 Å². The number of nitrogens with zero attached hydrogens (tertiary/aromatic N) is 3. The highest BCUT2D eigenvalue weighted by atomic mass is 32.2. The Labute approximate surface area is 147 Å². The van der Waals surface area contributed by atoms with E-state index in [4.69, 9.17) is 4.74 Å². The quantitative estimate of drug-likeness (QED) is 0.842. The molecule has 132 valence electrons. The van der Waals surface area contributed by atoms with E-state index in [-0.39, 0.29) is 6.10 Å². The van der Waals surface area contributed by atoms with Crippen molar-refractivity contribution in [1.29, 1.82) is 0 Å². The van der Waals surface area contributed by atoms with E-state index in [0.717, 1.165) is 17.5 Å².